The van der Waals surface area contributed by atoms with E-state index in [0.717, 1.165) is 18.7 Å². The van der Waals surface area contributed by atoms with Crippen molar-refractivity contribution in [2.75, 3.05) is 6.54 Å². The number of nitrogens with zero attached hydrogens (tertiary/aromatic N) is 1. The maximum atomic E-state index is 4.35. The fourth-order valence-electron chi connectivity index (χ4n) is 1.82. The van der Waals surface area contributed by atoms with Gasteiger partial charge in [0, 0.05) is 29.8 Å². The molecule has 1 atom stereocenters. The van der Waals surface area contributed by atoms with E-state index < -0.39 is 0 Å². The van der Waals surface area contributed by atoms with Crippen LogP contribution in [0.2, 0.25) is 0 Å². The molecule has 1 unspecified atom stereocenters. The van der Waals surface area contributed by atoms with Crippen molar-refractivity contribution >= 4 is 0 Å². The zero-order valence-electron chi connectivity index (χ0n) is 12.2. The Morgan fingerprint density at radius 1 is 1.39 bits per heavy atom. The maximum absolute atomic E-state index is 4.35. The first-order valence-electron chi connectivity index (χ1n) is 6.59. The average molecular weight is 244 g/mol. The van der Waals surface area contributed by atoms with E-state index in [1.165, 1.54) is 5.56 Å². The zero-order chi connectivity index (χ0) is 13.6. The summed E-state index contributed by atoms with van der Waals surface area (Å²) in [6, 6.07) is 4.40. The predicted molar refractivity (Wildman–Crippen MR) is 77.2 cm³/mol. The Labute approximate surface area is 111 Å². The number of hydrogen-bond donors (Lipinski definition) is 1. The lowest BCUT2D eigenvalue weighted by Gasteiger charge is -2.17. The van der Waals surface area contributed by atoms with Gasteiger partial charge in [-0.1, -0.05) is 18.9 Å². The molecule has 1 aromatic heterocycles. The summed E-state index contributed by atoms with van der Waals surface area (Å²) >= 11 is 0. The van der Waals surface area contributed by atoms with Crippen molar-refractivity contribution in [1.29, 1.82) is 0 Å². The van der Waals surface area contributed by atoms with Gasteiger partial charge in [-0.15, -0.1) is 5.92 Å². The van der Waals surface area contributed by atoms with Gasteiger partial charge >= 0.3 is 0 Å². The highest BCUT2D eigenvalue weighted by molar-refractivity contribution is 5.24. The van der Waals surface area contributed by atoms with E-state index in [9.17, 15) is 0 Å². The van der Waals surface area contributed by atoms with Gasteiger partial charge in [0.25, 0.3) is 0 Å². The first kappa shape index (κ1) is 14.7. The van der Waals surface area contributed by atoms with Crippen LogP contribution in [0.1, 0.15) is 51.4 Å². The first-order valence-corrected chi connectivity index (χ1v) is 6.59. The highest BCUT2D eigenvalue weighted by Crippen LogP contribution is 2.19. The highest BCUT2D eigenvalue weighted by Gasteiger charge is 2.12. The molecule has 98 valence electrons. The summed E-state index contributed by atoms with van der Waals surface area (Å²) in [4.78, 5) is 4.35. The summed E-state index contributed by atoms with van der Waals surface area (Å²) in [5.41, 5.74) is 2.41. The Balaban J connectivity index is 2.83. The normalized spacial score (nSPS) is 12.7. The number of pyridine rings is 1. The van der Waals surface area contributed by atoms with E-state index in [1.54, 1.807) is 0 Å². The number of rotatable bonds is 4. The van der Waals surface area contributed by atoms with E-state index in [0.29, 0.717) is 0 Å². The summed E-state index contributed by atoms with van der Waals surface area (Å²) in [6.45, 7) is 11.5. The highest BCUT2D eigenvalue weighted by atomic mass is 14.9. The van der Waals surface area contributed by atoms with Crippen LogP contribution < -0.4 is 5.32 Å². The topological polar surface area (TPSA) is 24.9 Å². The van der Waals surface area contributed by atoms with E-state index in [4.69, 9.17) is 0 Å². The van der Waals surface area contributed by atoms with Crippen molar-refractivity contribution in [3.63, 3.8) is 0 Å². The molecule has 0 radical (unpaired) electrons. The summed E-state index contributed by atoms with van der Waals surface area (Å²) in [5, 5.41) is 3.48. The molecular weight excluding hydrogens is 220 g/mol. The minimum atomic E-state index is 0.0702. The maximum Gasteiger partial charge on any atom is 0.0448 e. The number of aromatic nitrogens is 1. The lowest BCUT2D eigenvalue weighted by molar-refractivity contribution is 0.551. The van der Waals surface area contributed by atoms with Crippen LogP contribution >= 0.6 is 0 Å². The molecule has 2 nitrogen and oxygen atoms in total. The van der Waals surface area contributed by atoms with E-state index >= 15 is 0 Å². The lowest BCUT2D eigenvalue weighted by Crippen LogP contribution is -2.21. The van der Waals surface area contributed by atoms with Crippen LogP contribution in [0.15, 0.2) is 18.3 Å². The van der Waals surface area contributed by atoms with Crippen LogP contribution in [0.4, 0.5) is 0 Å². The quantitative estimate of drug-likeness (QED) is 0.820. The fraction of sp³-hybridized carbons (Fsp3) is 0.562. The van der Waals surface area contributed by atoms with E-state index in [1.807, 2.05) is 12.3 Å². The average Bonchev–Trinajstić information content (AvgIpc) is 2.27. The molecule has 1 heterocycles. The number of hydrogen-bond acceptors (Lipinski definition) is 2. The molecule has 0 fully saturated rings. The van der Waals surface area contributed by atoms with Gasteiger partial charge in [-0.2, -0.15) is 0 Å². The van der Waals surface area contributed by atoms with E-state index in [-0.39, 0.29) is 11.5 Å². The summed E-state index contributed by atoms with van der Waals surface area (Å²) in [7, 11) is 0. The molecule has 18 heavy (non-hydrogen) atoms. The molecule has 0 bridgehead atoms. The smallest absolute Gasteiger partial charge is 0.0448 e. The molecule has 0 aliphatic rings. The third kappa shape index (κ3) is 4.89. The molecule has 0 saturated heterocycles. The molecule has 1 rings (SSSR count). The van der Waals surface area contributed by atoms with Crippen molar-refractivity contribution in [2.45, 2.75) is 47.1 Å². The molecular formula is C16H24N2. The SMILES string of the molecule is CCNC(CC#CC(C)(C)C)c1cccnc1C. The summed E-state index contributed by atoms with van der Waals surface area (Å²) < 4.78 is 0. The molecule has 0 saturated carbocycles. The van der Waals surface area contributed by atoms with Crippen LogP contribution in [0.5, 0.6) is 0 Å². The first-order chi connectivity index (χ1) is 8.44. The summed E-state index contributed by atoms with van der Waals surface area (Å²) in [5.74, 6) is 6.59. The molecule has 0 aliphatic carbocycles. The van der Waals surface area contributed by atoms with E-state index in [2.05, 4.69) is 62.8 Å². The van der Waals surface area contributed by atoms with Crippen molar-refractivity contribution in [1.82, 2.24) is 10.3 Å². The Kier molecular flexibility index (Phi) is 5.37. The monoisotopic (exact) mass is 244 g/mol. The Hall–Kier alpha value is -1.33. The second-order valence-corrected chi connectivity index (χ2v) is 5.54. The minimum absolute atomic E-state index is 0.0702. The lowest BCUT2D eigenvalue weighted by atomic mass is 9.96. The second kappa shape index (κ2) is 6.56. The standard InChI is InChI=1S/C16H24N2/c1-6-17-15(10-7-11-16(3,4)5)14-9-8-12-18-13(14)2/h8-9,12,15,17H,6,10H2,1-5H3. The van der Waals surface area contributed by atoms with Gasteiger partial charge in [0.05, 0.1) is 0 Å². The fourth-order valence-corrected chi connectivity index (χ4v) is 1.82. The minimum Gasteiger partial charge on any atom is -0.309 e. The Morgan fingerprint density at radius 2 is 2.11 bits per heavy atom. The molecule has 0 spiro atoms. The third-order valence-corrected chi connectivity index (χ3v) is 2.64. The van der Waals surface area contributed by atoms with Crippen LogP contribution in [-0.2, 0) is 0 Å². The van der Waals surface area contributed by atoms with Crippen LogP contribution in [0.3, 0.4) is 0 Å². The molecule has 1 aromatic rings. The van der Waals surface area contributed by atoms with Gasteiger partial charge in [0.15, 0.2) is 0 Å². The molecule has 0 aromatic carbocycles. The van der Waals surface area contributed by atoms with Gasteiger partial charge in [0.1, 0.15) is 0 Å². The van der Waals surface area contributed by atoms with Crippen LogP contribution in [0.25, 0.3) is 0 Å². The molecule has 2 heteroatoms. The van der Waals surface area contributed by atoms with Crippen LogP contribution in [-0.4, -0.2) is 11.5 Å². The molecule has 0 amide bonds. The van der Waals surface area contributed by atoms with Crippen molar-refractivity contribution in [2.24, 2.45) is 5.41 Å². The van der Waals surface area contributed by atoms with Gasteiger partial charge < -0.3 is 5.32 Å². The number of nitrogens with one attached hydrogen (secondary N) is 1. The zero-order valence-corrected chi connectivity index (χ0v) is 12.2. The molecule has 0 aliphatic heterocycles. The van der Waals surface area contributed by atoms with Gasteiger partial charge in [0.2, 0.25) is 0 Å². The number of aryl methyl sites for hydroxylation is 1. The van der Waals surface area contributed by atoms with Gasteiger partial charge in [-0.25, -0.2) is 0 Å². The second-order valence-electron chi connectivity index (χ2n) is 5.54. The van der Waals surface area contributed by atoms with Crippen molar-refractivity contribution < 1.29 is 0 Å². The predicted octanol–water partition coefficient (Wildman–Crippen LogP) is 3.48. The van der Waals surface area contributed by atoms with Crippen molar-refractivity contribution in [3.8, 4) is 11.8 Å². The van der Waals surface area contributed by atoms with Crippen LogP contribution in [0, 0.1) is 24.2 Å². The Bertz CT molecular complexity index is 432. The summed E-state index contributed by atoms with van der Waals surface area (Å²) in [6.07, 6.45) is 2.67. The largest absolute Gasteiger partial charge is 0.309 e. The van der Waals surface area contributed by atoms with Gasteiger partial charge in [-0.3, -0.25) is 4.98 Å². The third-order valence-electron chi connectivity index (χ3n) is 2.64. The van der Waals surface area contributed by atoms with Crippen molar-refractivity contribution in [3.05, 3.63) is 29.6 Å². The Morgan fingerprint density at radius 3 is 2.67 bits per heavy atom. The molecule has 1 N–H and O–H groups in total. The van der Waals surface area contributed by atoms with Gasteiger partial charge in [-0.05, 0) is 45.9 Å².